The zero-order chi connectivity index (χ0) is 20.6. The Morgan fingerprint density at radius 1 is 0.931 bits per heavy atom. The highest BCUT2D eigenvalue weighted by molar-refractivity contribution is 5.91. The number of aliphatic hydroxyl groups is 1. The van der Waals surface area contributed by atoms with Crippen LogP contribution in [0.1, 0.15) is 17.5 Å². The zero-order valence-electron chi connectivity index (χ0n) is 15.6. The number of aliphatic hydroxyl groups excluding tert-OH is 1. The molecule has 1 aromatic heterocycles. The van der Waals surface area contributed by atoms with E-state index in [0.29, 0.717) is 23.5 Å². The van der Waals surface area contributed by atoms with Gasteiger partial charge in [0, 0.05) is 18.2 Å². The second-order valence-corrected chi connectivity index (χ2v) is 6.43. The number of carboxylic acid groups (broad SMARTS) is 1. The van der Waals surface area contributed by atoms with Crippen LogP contribution in [0, 0.1) is 0 Å². The van der Waals surface area contributed by atoms with Gasteiger partial charge in [-0.1, -0.05) is 48.5 Å². The van der Waals surface area contributed by atoms with E-state index in [2.05, 4.69) is 15.6 Å². The molecule has 0 atom stereocenters. The molecule has 0 bridgehead atoms. The minimum atomic E-state index is -1.14. The molecule has 0 saturated carbocycles. The Kier molecular flexibility index (Phi) is 6.55. The second-order valence-electron chi connectivity index (χ2n) is 6.43. The number of carbonyl (C=O) groups excluding carboxylic acids is 1. The molecule has 0 saturated heterocycles. The number of pyridine rings is 1. The van der Waals surface area contributed by atoms with Crippen molar-refractivity contribution in [3.8, 4) is 11.1 Å². The number of amides is 2. The van der Waals surface area contributed by atoms with Crippen LogP contribution in [-0.4, -0.2) is 27.2 Å². The first-order chi connectivity index (χ1) is 14.0. The maximum absolute atomic E-state index is 12.2. The Morgan fingerprint density at radius 2 is 1.69 bits per heavy atom. The van der Waals surface area contributed by atoms with Crippen LogP contribution >= 0.6 is 0 Å². The van der Waals surface area contributed by atoms with Crippen molar-refractivity contribution in [3.05, 3.63) is 78.0 Å². The van der Waals surface area contributed by atoms with Crippen LogP contribution in [0.2, 0.25) is 0 Å². The quantitative estimate of drug-likeness (QED) is 0.488. The van der Waals surface area contributed by atoms with E-state index in [-0.39, 0.29) is 18.9 Å². The van der Waals surface area contributed by atoms with Crippen molar-refractivity contribution >= 4 is 23.5 Å². The summed E-state index contributed by atoms with van der Waals surface area (Å²) in [5.74, 6) is 0.217. The molecule has 3 rings (SSSR count). The van der Waals surface area contributed by atoms with Gasteiger partial charge < -0.3 is 15.5 Å². The lowest BCUT2D eigenvalue weighted by atomic mass is 9.99. The summed E-state index contributed by atoms with van der Waals surface area (Å²) in [7, 11) is 0. The van der Waals surface area contributed by atoms with E-state index >= 15 is 0 Å². The summed E-state index contributed by atoms with van der Waals surface area (Å²) < 4.78 is 0. The molecule has 1 heterocycles. The largest absolute Gasteiger partial charge is 0.465 e. The maximum Gasteiger partial charge on any atom is 0.409 e. The molecular weight excluding hydrogens is 370 g/mol. The van der Waals surface area contributed by atoms with E-state index in [1.165, 1.54) is 6.20 Å². The molecule has 0 aliphatic carbocycles. The second kappa shape index (κ2) is 9.48. The van der Waals surface area contributed by atoms with Crippen LogP contribution in [0.3, 0.4) is 0 Å². The van der Waals surface area contributed by atoms with Crippen LogP contribution in [0.25, 0.3) is 11.1 Å². The molecule has 0 aliphatic heterocycles. The third kappa shape index (κ3) is 5.63. The van der Waals surface area contributed by atoms with Gasteiger partial charge in [0.05, 0.1) is 12.3 Å². The summed E-state index contributed by atoms with van der Waals surface area (Å²) in [6, 6.07) is 18.3. The summed E-state index contributed by atoms with van der Waals surface area (Å²) in [5, 5.41) is 23.3. The standard InChI is InChI=1S/C22H21N3O4/c26-14-16-7-10-20(23-13-16)25-21(27)11-8-15-6-9-18(17-4-2-1-3-5-17)19(12-15)24-22(28)29/h1-7,9-10,12-13,24,26H,8,11,14H2,(H,28,29)(H,23,25,27). The van der Waals surface area contributed by atoms with Crippen LogP contribution in [-0.2, 0) is 17.8 Å². The van der Waals surface area contributed by atoms with Crippen LogP contribution < -0.4 is 10.6 Å². The fourth-order valence-electron chi connectivity index (χ4n) is 2.89. The lowest BCUT2D eigenvalue weighted by Gasteiger charge is -2.12. The zero-order valence-corrected chi connectivity index (χ0v) is 15.6. The summed E-state index contributed by atoms with van der Waals surface area (Å²) in [6.07, 6.45) is 1.03. The molecule has 3 aromatic rings. The average molecular weight is 391 g/mol. The number of hydrogen-bond donors (Lipinski definition) is 4. The molecule has 0 fully saturated rings. The maximum atomic E-state index is 12.2. The Morgan fingerprint density at radius 3 is 2.34 bits per heavy atom. The number of hydrogen-bond acceptors (Lipinski definition) is 4. The minimum Gasteiger partial charge on any atom is -0.465 e. The van der Waals surface area contributed by atoms with E-state index in [0.717, 1.165) is 16.7 Å². The van der Waals surface area contributed by atoms with Crippen molar-refractivity contribution in [1.82, 2.24) is 4.98 Å². The molecule has 7 nitrogen and oxygen atoms in total. The van der Waals surface area contributed by atoms with Crippen LogP contribution in [0.5, 0.6) is 0 Å². The highest BCUT2D eigenvalue weighted by Gasteiger charge is 2.10. The van der Waals surface area contributed by atoms with Crippen molar-refractivity contribution in [2.75, 3.05) is 10.6 Å². The first-order valence-corrected chi connectivity index (χ1v) is 9.09. The number of aromatic nitrogens is 1. The van der Waals surface area contributed by atoms with Crippen molar-refractivity contribution in [2.45, 2.75) is 19.4 Å². The smallest absolute Gasteiger partial charge is 0.409 e. The Hall–Kier alpha value is -3.71. The van der Waals surface area contributed by atoms with Gasteiger partial charge in [-0.25, -0.2) is 9.78 Å². The molecule has 2 amide bonds. The normalized spacial score (nSPS) is 10.4. The third-order valence-corrected chi connectivity index (χ3v) is 4.33. The molecule has 0 aliphatic rings. The Balaban J connectivity index is 1.68. The first kappa shape index (κ1) is 20.0. The van der Waals surface area contributed by atoms with E-state index in [4.69, 9.17) is 10.2 Å². The van der Waals surface area contributed by atoms with Gasteiger partial charge in [0.1, 0.15) is 5.82 Å². The molecule has 0 radical (unpaired) electrons. The van der Waals surface area contributed by atoms with Gasteiger partial charge in [-0.05, 0) is 35.2 Å². The first-order valence-electron chi connectivity index (χ1n) is 9.09. The summed E-state index contributed by atoms with van der Waals surface area (Å²) in [4.78, 5) is 27.4. The van der Waals surface area contributed by atoms with Crippen LogP contribution in [0.4, 0.5) is 16.3 Å². The van der Waals surface area contributed by atoms with Crippen molar-refractivity contribution in [3.63, 3.8) is 0 Å². The topological polar surface area (TPSA) is 112 Å². The van der Waals surface area contributed by atoms with Gasteiger partial charge in [0.2, 0.25) is 5.91 Å². The number of aryl methyl sites for hydroxylation is 1. The number of anilines is 2. The van der Waals surface area contributed by atoms with Crippen molar-refractivity contribution < 1.29 is 19.8 Å². The summed E-state index contributed by atoms with van der Waals surface area (Å²) >= 11 is 0. The van der Waals surface area contributed by atoms with Gasteiger partial charge >= 0.3 is 6.09 Å². The predicted octanol–water partition coefficient (Wildman–Crippen LogP) is 3.90. The summed E-state index contributed by atoms with van der Waals surface area (Å²) in [6.45, 7) is -0.104. The van der Waals surface area contributed by atoms with Crippen LogP contribution in [0.15, 0.2) is 66.9 Å². The van der Waals surface area contributed by atoms with E-state index in [1.54, 1.807) is 18.2 Å². The number of benzene rings is 2. The molecule has 29 heavy (non-hydrogen) atoms. The number of carbonyl (C=O) groups is 2. The lowest BCUT2D eigenvalue weighted by Crippen LogP contribution is -2.13. The fourth-order valence-corrected chi connectivity index (χ4v) is 2.89. The molecular formula is C22H21N3O4. The SMILES string of the molecule is O=C(O)Nc1cc(CCC(=O)Nc2ccc(CO)cn2)ccc1-c1ccccc1. The molecule has 148 valence electrons. The molecule has 4 N–H and O–H groups in total. The van der Waals surface area contributed by atoms with E-state index < -0.39 is 6.09 Å². The molecule has 0 unspecified atom stereocenters. The molecule has 7 heteroatoms. The van der Waals surface area contributed by atoms with Gasteiger partial charge in [-0.2, -0.15) is 0 Å². The average Bonchev–Trinajstić information content (AvgIpc) is 2.73. The predicted molar refractivity (Wildman–Crippen MR) is 111 cm³/mol. The number of nitrogens with one attached hydrogen (secondary N) is 2. The third-order valence-electron chi connectivity index (χ3n) is 4.33. The van der Waals surface area contributed by atoms with Crippen molar-refractivity contribution in [1.29, 1.82) is 0 Å². The lowest BCUT2D eigenvalue weighted by molar-refractivity contribution is -0.116. The molecule has 2 aromatic carbocycles. The number of rotatable bonds is 7. The Labute approximate surface area is 168 Å². The fraction of sp³-hybridized carbons (Fsp3) is 0.136. The van der Waals surface area contributed by atoms with Gasteiger partial charge in [0.15, 0.2) is 0 Å². The molecule has 0 spiro atoms. The van der Waals surface area contributed by atoms with E-state index in [9.17, 15) is 9.59 Å². The highest BCUT2D eigenvalue weighted by atomic mass is 16.4. The monoisotopic (exact) mass is 391 g/mol. The highest BCUT2D eigenvalue weighted by Crippen LogP contribution is 2.29. The van der Waals surface area contributed by atoms with E-state index in [1.807, 2.05) is 42.5 Å². The Bertz CT molecular complexity index is 989. The minimum absolute atomic E-state index is 0.104. The van der Waals surface area contributed by atoms with Gasteiger partial charge in [-0.15, -0.1) is 0 Å². The summed E-state index contributed by atoms with van der Waals surface area (Å²) in [5.41, 5.74) is 3.65. The van der Waals surface area contributed by atoms with Gasteiger partial charge in [0.25, 0.3) is 0 Å². The van der Waals surface area contributed by atoms with Gasteiger partial charge in [-0.3, -0.25) is 10.1 Å². The number of nitrogens with zero attached hydrogens (tertiary/aromatic N) is 1. The van der Waals surface area contributed by atoms with Crippen molar-refractivity contribution in [2.24, 2.45) is 0 Å².